The van der Waals surface area contributed by atoms with Gasteiger partial charge in [0.05, 0.1) is 30.2 Å². The Kier molecular flexibility index (Phi) is 6.77. The molecule has 1 amide bonds. The van der Waals surface area contributed by atoms with Crippen molar-refractivity contribution in [1.29, 1.82) is 0 Å². The lowest BCUT2D eigenvalue weighted by Crippen LogP contribution is -2.32. The molecule has 0 saturated carbocycles. The maximum Gasteiger partial charge on any atom is 0.290 e. The van der Waals surface area contributed by atoms with E-state index >= 15 is 0 Å². The van der Waals surface area contributed by atoms with Crippen LogP contribution in [0.1, 0.15) is 53.6 Å². The molecule has 7 heteroatoms. The fourth-order valence-corrected chi connectivity index (χ4v) is 4.26. The van der Waals surface area contributed by atoms with Crippen LogP contribution in [-0.2, 0) is 4.74 Å². The van der Waals surface area contributed by atoms with Crippen LogP contribution in [0, 0.1) is 12.8 Å². The van der Waals surface area contributed by atoms with E-state index in [0.29, 0.717) is 53.0 Å². The third kappa shape index (κ3) is 4.50. The van der Waals surface area contributed by atoms with Gasteiger partial charge in [-0.25, -0.2) is 0 Å². The molecule has 33 heavy (non-hydrogen) atoms. The number of halogens is 1. The second-order valence-electron chi connectivity index (χ2n) is 8.77. The van der Waals surface area contributed by atoms with Crippen molar-refractivity contribution in [1.82, 2.24) is 4.90 Å². The molecule has 0 bridgehead atoms. The lowest BCUT2D eigenvalue weighted by molar-refractivity contribution is 0.0663. The molecule has 1 atom stereocenters. The molecule has 0 fully saturated rings. The summed E-state index contributed by atoms with van der Waals surface area (Å²) in [7, 11) is 1.58. The van der Waals surface area contributed by atoms with Gasteiger partial charge >= 0.3 is 0 Å². The van der Waals surface area contributed by atoms with Gasteiger partial charge < -0.3 is 18.8 Å². The van der Waals surface area contributed by atoms with Crippen molar-refractivity contribution < 1.29 is 18.7 Å². The first-order chi connectivity index (χ1) is 15.8. The van der Waals surface area contributed by atoms with Gasteiger partial charge in [0.15, 0.2) is 5.43 Å². The number of carbonyl (C=O) groups is 1. The second-order valence-corrected chi connectivity index (χ2v) is 9.18. The number of hydrogen-bond donors (Lipinski definition) is 0. The number of rotatable bonds is 8. The highest BCUT2D eigenvalue weighted by molar-refractivity contribution is 6.32. The average Bonchev–Trinajstić information content (AvgIpc) is 3.05. The molecule has 0 N–H and O–H groups in total. The summed E-state index contributed by atoms with van der Waals surface area (Å²) in [6, 6.07) is 10.3. The predicted molar refractivity (Wildman–Crippen MR) is 128 cm³/mol. The van der Waals surface area contributed by atoms with Crippen molar-refractivity contribution in [2.24, 2.45) is 5.92 Å². The predicted octanol–water partition coefficient (Wildman–Crippen LogP) is 5.37. The van der Waals surface area contributed by atoms with Crippen LogP contribution in [-0.4, -0.2) is 37.7 Å². The van der Waals surface area contributed by atoms with Crippen LogP contribution in [0.15, 0.2) is 45.6 Å². The first-order valence-corrected chi connectivity index (χ1v) is 11.5. The highest BCUT2D eigenvalue weighted by Gasteiger charge is 2.42. The van der Waals surface area contributed by atoms with Gasteiger partial charge in [-0.15, -0.1) is 0 Å². The van der Waals surface area contributed by atoms with Gasteiger partial charge in [0, 0.05) is 18.7 Å². The van der Waals surface area contributed by atoms with Crippen LogP contribution in [0.5, 0.6) is 5.75 Å². The number of aryl methyl sites for hydroxylation is 1. The van der Waals surface area contributed by atoms with Gasteiger partial charge in [0.25, 0.3) is 5.91 Å². The zero-order valence-corrected chi connectivity index (χ0v) is 20.1. The maximum absolute atomic E-state index is 13.6. The van der Waals surface area contributed by atoms with Crippen LogP contribution in [0.2, 0.25) is 5.02 Å². The summed E-state index contributed by atoms with van der Waals surface area (Å²) in [6.45, 7) is 7.37. The minimum absolute atomic E-state index is 0.0708. The molecule has 1 aliphatic heterocycles. The van der Waals surface area contributed by atoms with Gasteiger partial charge in [-0.2, -0.15) is 0 Å². The number of ether oxygens (including phenoxy) is 2. The van der Waals surface area contributed by atoms with Gasteiger partial charge in [-0.05, 0) is 54.7 Å². The Balaban J connectivity index is 1.83. The van der Waals surface area contributed by atoms with Crippen molar-refractivity contribution >= 4 is 28.5 Å². The molecule has 174 valence electrons. The van der Waals surface area contributed by atoms with Gasteiger partial charge in [-0.3, -0.25) is 9.59 Å². The van der Waals surface area contributed by atoms with Crippen LogP contribution in [0.4, 0.5) is 0 Å². The smallest absolute Gasteiger partial charge is 0.290 e. The summed E-state index contributed by atoms with van der Waals surface area (Å²) in [4.78, 5) is 28.6. The molecule has 1 aliphatic rings. The van der Waals surface area contributed by atoms with Gasteiger partial charge in [-0.1, -0.05) is 37.6 Å². The van der Waals surface area contributed by atoms with E-state index in [1.54, 1.807) is 24.1 Å². The first kappa shape index (κ1) is 23.3. The highest BCUT2D eigenvalue weighted by Crippen LogP contribution is 2.39. The van der Waals surface area contributed by atoms with E-state index in [2.05, 4.69) is 13.8 Å². The van der Waals surface area contributed by atoms with E-state index in [9.17, 15) is 9.59 Å². The van der Waals surface area contributed by atoms with Crippen molar-refractivity contribution in [2.45, 2.75) is 33.2 Å². The molecule has 3 aromatic rings. The topological polar surface area (TPSA) is 69.0 Å². The number of methoxy groups -OCH3 is 1. The zero-order valence-electron chi connectivity index (χ0n) is 19.3. The lowest BCUT2D eigenvalue weighted by Gasteiger charge is -2.25. The second kappa shape index (κ2) is 9.57. The summed E-state index contributed by atoms with van der Waals surface area (Å²) >= 11 is 6.29. The van der Waals surface area contributed by atoms with Gasteiger partial charge in [0.1, 0.15) is 11.3 Å². The molecule has 2 aromatic carbocycles. The van der Waals surface area contributed by atoms with Crippen LogP contribution in [0.25, 0.3) is 11.0 Å². The molecule has 0 spiro atoms. The fraction of sp³-hybridized carbons (Fsp3) is 0.385. The zero-order chi connectivity index (χ0) is 23.7. The molecule has 2 heterocycles. The van der Waals surface area contributed by atoms with Crippen molar-refractivity contribution in [3.63, 3.8) is 0 Å². The van der Waals surface area contributed by atoms with E-state index in [1.165, 1.54) is 0 Å². The molecule has 0 saturated heterocycles. The van der Waals surface area contributed by atoms with Crippen LogP contribution < -0.4 is 10.2 Å². The monoisotopic (exact) mass is 469 g/mol. The number of amides is 1. The van der Waals surface area contributed by atoms with Crippen LogP contribution >= 0.6 is 11.6 Å². The van der Waals surface area contributed by atoms with Gasteiger partial charge in [0.2, 0.25) is 5.76 Å². The SMILES string of the molecule is COCCN1C(=O)c2oc3cc(C)c(Cl)cc3c(=O)c2C1c1cccc(OCCC(C)C)c1. The van der Waals surface area contributed by atoms with Crippen molar-refractivity contribution in [3.05, 3.63) is 74.1 Å². The molecule has 0 radical (unpaired) electrons. The summed E-state index contributed by atoms with van der Waals surface area (Å²) in [5.41, 5.74) is 1.98. The van der Waals surface area contributed by atoms with Crippen molar-refractivity contribution in [2.75, 3.05) is 26.9 Å². The Morgan fingerprint density at radius 3 is 2.67 bits per heavy atom. The molecule has 4 rings (SSSR count). The van der Waals surface area contributed by atoms with E-state index in [1.807, 2.05) is 31.2 Å². The van der Waals surface area contributed by atoms with E-state index in [-0.39, 0.29) is 17.1 Å². The summed E-state index contributed by atoms with van der Waals surface area (Å²) < 4.78 is 17.2. The number of carbonyl (C=O) groups excluding carboxylic acids is 1. The van der Waals surface area contributed by atoms with E-state index in [4.69, 9.17) is 25.5 Å². The molecule has 6 nitrogen and oxygen atoms in total. The van der Waals surface area contributed by atoms with E-state index in [0.717, 1.165) is 17.5 Å². The van der Waals surface area contributed by atoms with Crippen LogP contribution in [0.3, 0.4) is 0 Å². The third-order valence-electron chi connectivity index (χ3n) is 5.92. The highest BCUT2D eigenvalue weighted by atomic mass is 35.5. The first-order valence-electron chi connectivity index (χ1n) is 11.1. The fourth-order valence-electron chi connectivity index (χ4n) is 4.09. The molecule has 0 aliphatic carbocycles. The summed E-state index contributed by atoms with van der Waals surface area (Å²) in [5, 5.41) is 0.840. The molecular weight excluding hydrogens is 442 g/mol. The normalized spacial score (nSPS) is 15.5. The third-order valence-corrected chi connectivity index (χ3v) is 6.33. The van der Waals surface area contributed by atoms with Crippen molar-refractivity contribution in [3.8, 4) is 5.75 Å². The standard InChI is InChI=1S/C26H28ClNO5/c1-15(2)8-10-32-18-7-5-6-17(13-18)23-22-24(29)19-14-20(27)16(3)12-21(19)33-25(22)26(30)28(23)9-11-31-4/h5-7,12-15,23H,8-11H2,1-4H3. The minimum Gasteiger partial charge on any atom is -0.494 e. The molecular formula is C26H28ClNO5. The maximum atomic E-state index is 13.6. The molecule has 1 unspecified atom stereocenters. The minimum atomic E-state index is -0.600. The largest absolute Gasteiger partial charge is 0.494 e. The quantitative estimate of drug-likeness (QED) is 0.443. The Morgan fingerprint density at radius 2 is 1.94 bits per heavy atom. The summed E-state index contributed by atoms with van der Waals surface area (Å²) in [6.07, 6.45) is 0.935. The Labute approximate surface area is 198 Å². The number of fused-ring (bicyclic) bond motifs is 2. The Bertz CT molecular complexity index is 1250. The lowest BCUT2D eigenvalue weighted by atomic mass is 9.98. The Morgan fingerprint density at radius 1 is 1.15 bits per heavy atom. The Hall–Kier alpha value is -2.83. The van der Waals surface area contributed by atoms with E-state index < -0.39 is 6.04 Å². The molecule has 1 aromatic heterocycles. The number of nitrogens with zero attached hydrogens (tertiary/aromatic N) is 1. The number of benzene rings is 2. The summed E-state index contributed by atoms with van der Waals surface area (Å²) in [5.74, 6) is 0.973. The average molecular weight is 470 g/mol. The number of hydrogen-bond acceptors (Lipinski definition) is 5.